The molecule has 1 aromatic carbocycles. The van der Waals surface area contributed by atoms with E-state index in [0.29, 0.717) is 0 Å². The molecular weight excluding hydrogens is 220 g/mol. The molecule has 0 aliphatic rings. The molecule has 1 heterocycles. The van der Waals surface area contributed by atoms with E-state index in [2.05, 4.69) is 34.8 Å². The summed E-state index contributed by atoms with van der Waals surface area (Å²) in [6.45, 7) is 3.29. The van der Waals surface area contributed by atoms with Crippen molar-refractivity contribution >= 4 is 11.6 Å². The van der Waals surface area contributed by atoms with Crippen LogP contribution in [0.2, 0.25) is 5.02 Å². The highest BCUT2D eigenvalue weighted by Crippen LogP contribution is 2.12. The number of rotatable bonds is 4. The second kappa shape index (κ2) is 5.17. The summed E-state index contributed by atoms with van der Waals surface area (Å²) in [4.78, 5) is 0. The molecule has 16 heavy (non-hydrogen) atoms. The first-order valence-electron chi connectivity index (χ1n) is 5.62. The summed E-state index contributed by atoms with van der Waals surface area (Å²) in [5, 5.41) is 0.773. The van der Waals surface area contributed by atoms with Crippen molar-refractivity contribution in [2.75, 3.05) is 0 Å². The van der Waals surface area contributed by atoms with E-state index in [0.717, 1.165) is 17.3 Å². The third kappa shape index (κ3) is 2.64. The first-order chi connectivity index (χ1) is 7.79. The van der Waals surface area contributed by atoms with Crippen LogP contribution in [-0.4, -0.2) is 4.57 Å². The Morgan fingerprint density at radius 1 is 1.25 bits per heavy atom. The molecule has 0 bridgehead atoms. The van der Waals surface area contributed by atoms with Gasteiger partial charge in [0.2, 0.25) is 6.33 Å². The zero-order chi connectivity index (χ0) is 11.4. The third-order valence-corrected chi connectivity index (χ3v) is 2.84. The largest absolute Gasteiger partial charge is 0.248 e. The van der Waals surface area contributed by atoms with Gasteiger partial charge in [-0.25, -0.2) is 9.13 Å². The van der Waals surface area contributed by atoms with Crippen molar-refractivity contribution in [2.45, 2.75) is 26.3 Å². The van der Waals surface area contributed by atoms with Gasteiger partial charge in [0, 0.05) is 5.02 Å². The smallest absolute Gasteiger partial charge is 0.236 e. The highest BCUT2D eigenvalue weighted by atomic mass is 35.5. The fourth-order valence-corrected chi connectivity index (χ4v) is 1.76. The summed E-state index contributed by atoms with van der Waals surface area (Å²) < 4.78 is 4.31. The normalized spacial score (nSPS) is 10.6. The predicted molar refractivity (Wildman–Crippen MR) is 65.9 cm³/mol. The molecule has 0 unspecified atom stereocenters. The van der Waals surface area contributed by atoms with Gasteiger partial charge in [-0.2, -0.15) is 0 Å². The van der Waals surface area contributed by atoms with Gasteiger partial charge in [0.05, 0.1) is 6.54 Å². The van der Waals surface area contributed by atoms with E-state index in [-0.39, 0.29) is 0 Å². The Labute approximate surface area is 101 Å². The van der Waals surface area contributed by atoms with Gasteiger partial charge < -0.3 is 0 Å². The SMILES string of the molecule is CCCC[n+]1ccn(-c2ccc(Cl)cc2)c1. The third-order valence-electron chi connectivity index (χ3n) is 2.59. The van der Waals surface area contributed by atoms with Crippen LogP contribution in [0.5, 0.6) is 0 Å². The number of nitrogens with zero attached hydrogens (tertiary/aromatic N) is 2. The minimum absolute atomic E-state index is 0.773. The Morgan fingerprint density at radius 3 is 2.69 bits per heavy atom. The maximum atomic E-state index is 5.86. The van der Waals surface area contributed by atoms with Crippen molar-refractivity contribution in [2.24, 2.45) is 0 Å². The van der Waals surface area contributed by atoms with Crippen LogP contribution in [0.4, 0.5) is 0 Å². The topological polar surface area (TPSA) is 8.81 Å². The molecule has 0 fully saturated rings. The monoisotopic (exact) mass is 235 g/mol. The average molecular weight is 236 g/mol. The minimum atomic E-state index is 0.773. The molecule has 0 saturated heterocycles. The van der Waals surface area contributed by atoms with Gasteiger partial charge in [-0.3, -0.25) is 0 Å². The maximum absolute atomic E-state index is 5.86. The fourth-order valence-electron chi connectivity index (χ4n) is 1.63. The summed E-state index contributed by atoms with van der Waals surface area (Å²) in [7, 11) is 0. The zero-order valence-electron chi connectivity index (χ0n) is 9.44. The van der Waals surface area contributed by atoms with E-state index in [1.165, 1.54) is 12.8 Å². The summed E-state index contributed by atoms with van der Waals surface area (Å²) in [5.41, 5.74) is 1.14. The van der Waals surface area contributed by atoms with Crippen LogP contribution in [0.25, 0.3) is 5.69 Å². The Kier molecular flexibility index (Phi) is 3.62. The molecule has 0 spiro atoms. The molecule has 2 aromatic rings. The maximum Gasteiger partial charge on any atom is 0.248 e. The summed E-state index contributed by atoms with van der Waals surface area (Å²) in [6.07, 6.45) is 8.72. The van der Waals surface area contributed by atoms with Crippen molar-refractivity contribution < 1.29 is 4.57 Å². The molecule has 0 radical (unpaired) electrons. The van der Waals surface area contributed by atoms with E-state index in [4.69, 9.17) is 11.6 Å². The van der Waals surface area contributed by atoms with Gasteiger partial charge in [0.1, 0.15) is 18.1 Å². The highest BCUT2D eigenvalue weighted by Gasteiger charge is 2.05. The van der Waals surface area contributed by atoms with Crippen molar-refractivity contribution in [3.05, 3.63) is 48.0 Å². The molecule has 0 aliphatic carbocycles. The molecular formula is C13H16ClN2+. The number of imidazole rings is 1. The molecule has 0 amide bonds. The zero-order valence-corrected chi connectivity index (χ0v) is 10.2. The van der Waals surface area contributed by atoms with Crippen LogP contribution in [0.3, 0.4) is 0 Å². The van der Waals surface area contributed by atoms with Gasteiger partial charge in [-0.05, 0) is 30.7 Å². The fraction of sp³-hybridized carbons (Fsp3) is 0.308. The van der Waals surface area contributed by atoms with E-state index in [1.807, 2.05) is 24.3 Å². The quantitative estimate of drug-likeness (QED) is 0.720. The van der Waals surface area contributed by atoms with Gasteiger partial charge in [0.25, 0.3) is 0 Å². The lowest BCUT2D eigenvalue weighted by Gasteiger charge is -1.95. The first-order valence-corrected chi connectivity index (χ1v) is 6.00. The van der Waals surface area contributed by atoms with E-state index in [9.17, 15) is 0 Å². The van der Waals surface area contributed by atoms with Gasteiger partial charge in [0.15, 0.2) is 0 Å². The average Bonchev–Trinajstić information content (AvgIpc) is 2.76. The molecule has 2 rings (SSSR count). The number of aryl methyl sites for hydroxylation is 1. The molecule has 1 aromatic heterocycles. The molecule has 0 N–H and O–H groups in total. The molecule has 0 saturated carbocycles. The van der Waals surface area contributed by atoms with Crippen molar-refractivity contribution in [1.29, 1.82) is 0 Å². The molecule has 3 heteroatoms. The van der Waals surface area contributed by atoms with Crippen LogP contribution >= 0.6 is 11.6 Å². The predicted octanol–water partition coefficient (Wildman–Crippen LogP) is 3.22. The van der Waals surface area contributed by atoms with E-state index in [1.54, 1.807) is 0 Å². The Bertz CT molecular complexity index is 445. The summed E-state index contributed by atoms with van der Waals surface area (Å²) in [6, 6.07) is 7.86. The van der Waals surface area contributed by atoms with Crippen molar-refractivity contribution in [3.8, 4) is 5.69 Å². The molecule has 0 atom stereocenters. The number of halogens is 1. The lowest BCUT2D eigenvalue weighted by Crippen LogP contribution is -2.30. The Hall–Kier alpha value is -1.28. The molecule has 0 aliphatic heterocycles. The van der Waals surface area contributed by atoms with Crippen LogP contribution in [-0.2, 0) is 6.54 Å². The molecule has 2 nitrogen and oxygen atoms in total. The van der Waals surface area contributed by atoms with Crippen LogP contribution in [0, 0.1) is 0 Å². The van der Waals surface area contributed by atoms with Crippen molar-refractivity contribution in [1.82, 2.24) is 4.57 Å². The number of hydrogen-bond acceptors (Lipinski definition) is 0. The van der Waals surface area contributed by atoms with Gasteiger partial charge in [-0.1, -0.05) is 24.9 Å². The van der Waals surface area contributed by atoms with Gasteiger partial charge >= 0.3 is 0 Å². The van der Waals surface area contributed by atoms with E-state index < -0.39 is 0 Å². The summed E-state index contributed by atoms with van der Waals surface area (Å²) in [5.74, 6) is 0. The standard InChI is InChI=1S/C13H16ClN2/c1-2-3-8-15-9-10-16(11-15)13-6-4-12(14)5-7-13/h4-7,9-11H,2-3,8H2,1H3/q+1. The first kappa shape index (κ1) is 11.2. The Morgan fingerprint density at radius 2 is 2.00 bits per heavy atom. The van der Waals surface area contributed by atoms with E-state index >= 15 is 0 Å². The lowest BCUT2D eigenvalue weighted by atomic mass is 10.3. The van der Waals surface area contributed by atoms with Crippen LogP contribution in [0.1, 0.15) is 19.8 Å². The van der Waals surface area contributed by atoms with Gasteiger partial charge in [-0.15, -0.1) is 0 Å². The number of aromatic nitrogens is 2. The van der Waals surface area contributed by atoms with Crippen LogP contribution < -0.4 is 4.57 Å². The summed E-state index contributed by atoms with van der Waals surface area (Å²) >= 11 is 5.86. The number of hydrogen-bond donors (Lipinski definition) is 0. The molecule has 84 valence electrons. The Balaban J connectivity index is 2.15. The lowest BCUT2D eigenvalue weighted by molar-refractivity contribution is -0.696. The second-order valence-electron chi connectivity index (χ2n) is 3.89. The number of unbranched alkanes of at least 4 members (excludes halogenated alkanes) is 1. The number of benzene rings is 1. The minimum Gasteiger partial charge on any atom is -0.236 e. The van der Waals surface area contributed by atoms with Crippen LogP contribution in [0.15, 0.2) is 43.0 Å². The second-order valence-corrected chi connectivity index (χ2v) is 4.33. The highest BCUT2D eigenvalue weighted by molar-refractivity contribution is 6.30. The van der Waals surface area contributed by atoms with Crippen molar-refractivity contribution in [3.63, 3.8) is 0 Å².